The maximum Gasteiger partial charge on any atom is 0.287 e. The van der Waals surface area contributed by atoms with Gasteiger partial charge in [-0.05, 0) is 18.1 Å². The highest BCUT2D eigenvalue weighted by molar-refractivity contribution is 6.35. The van der Waals surface area contributed by atoms with E-state index < -0.39 is 11.7 Å². The van der Waals surface area contributed by atoms with Gasteiger partial charge in [-0.3, -0.25) is 9.59 Å². The molecule has 80 valence electrons. The largest absolute Gasteiger partial charge is 0.508 e. The molecular weight excluding hydrogens is 194 g/mol. The topological polar surface area (TPSA) is 66.4 Å². The van der Waals surface area contributed by atoms with Crippen molar-refractivity contribution in [3.8, 4) is 5.75 Å². The van der Waals surface area contributed by atoms with Crippen molar-refractivity contribution in [3.05, 3.63) is 29.8 Å². The molecule has 1 amide bonds. The number of carbonyl (C=O) groups excluding carboxylic acids is 2. The second kappa shape index (κ2) is 5.14. The SMILES string of the molecule is CC(=O)C(=O)NCCc1ccccc1O. The van der Waals surface area contributed by atoms with E-state index in [1.807, 2.05) is 6.07 Å². The molecule has 1 aromatic carbocycles. The number of amides is 1. The van der Waals surface area contributed by atoms with Crippen LogP contribution in [0.25, 0.3) is 0 Å². The number of phenolic OH excluding ortho intramolecular Hbond substituents is 1. The smallest absolute Gasteiger partial charge is 0.287 e. The Morgan fingerprint density at radius 1 is 1.33 bits per heavy atom. The summed E-state index contributed by atoms with van der Waals surface area (Å²) in [6.07, 6.45) is 0.506. The van der Waals surface area contributed by atoms with Crippen LogP contribution in [-0.4, -0.2) is 23.3 Å². The predicted octanol–water partition coefficient (Wildman–Crippen LogP) is 0.640. The van der Waals surface area contributed by atoms with Gasteiger partial charge in [0.2, 0.25) is 5.78 Å². The summed E-state index contributed by atoms with van der Waals surface area (Å²) in [7, 11) is 0. The van der Waals surface area contributed by atoms with Gasteiger partial charge in [0, 0.05) is 13.5 Å². The molecule has 0 fully saturated rings. The van der Waals surface area contributed by atoms with Crippen LogP contribution in [0.1, 0.15) is 12.5 Å². The van der Waals surface area contributed by atoms with E-state index in [9.17, 15) is 14.7 Å². The van der Waals surface area contributed by atoms with E-state index in [0.717, 1.165) is 5.56 Å². The summed E-state index contributed by atoms with van der Waals surface area (Å²) < 4.78 is 0. The van der Waals surface area contributed by atoms with E-state index in [1.54, 1.807) is 18.2 Å². The Morgan fingerprint density at radius 3 is 2.60 bits per heavy atom. The fourth-order valence-electron chi connectivity index (χ4n) is 1.16. The summed E-state index contributed by atoms with van der Waals surface area (Å²) in [6.45, 7) is 1.56. The summed E-state index contributed by atoms with van der Waals surface area (Å²) >= 11 is 0. The van der Waals surface area contributed by atoms with E-state index in [-0.39, 0.29) is 5.75 Å². The van der Waals surface area contributed by atoms with Crippen LogP contribution in [0.2, 0.25) is 0 Å². The van der Waals surface area contributed by atoms with Crippen molar-refractivity contribution in [2.45, 2.75) is 13.3 Å². The highest BCUT2D eigenvalue weighted by Gasteiger charge is 2.06. The van der Waals surface area contributed by atoms with Gasteiger partial charge >= 0.3 is 0 Å². The number of hydrogen-bond acceptors (Lipinski definition) is 3. The number of ketones is 1. The van der Waals surface area contributed by atoms with Gasteiger partial charge < -0.3 is 10.4 Å². The number of nitrogens with one attached hydrogen (secondary N) is 1. The van der Waals surface area contributed by atoms with Gasteiger partial charge in [-0.15, -0.1) is 0 Å². The molecule has 0 atom stereocenters. The normalized spacial score (nSPS) is 9.67. The maximum absolute atomic E-state index is 10.9. The first-order valence-electron chi connectivity index (χ1n) is 4.67. The molecule has 4 nitrogen and oxygen atoms in total. The van der Waals surface area contributed by atoms with Gasteiger partial charge in [0.15, 0.2) is 0 Å². The molecule has 1 rings (SSSR count). The van der Waals surface area contributed by atoms with Crippen molar-refractivity contribution in [1.82, 2.24) is 5.32 Å². The molecule has 0 bridgehead atoms. The van der Waals surface area contributed by atoms with E-state index >= 15 is 0 Å². The molecule has 0 aliphatic carbocycles. The molecule has 0 aliphatic rings. The van der Waals surface area contributed by atoms with Crippen LogP contribution in [0, 0.1) is 0 Å². The van der Waals surface area contributed by atoms with Gasteiger partial charge in [0.1, 0.15) is 5.75 Å². The quantitative estimate of drug-likeness (QED) is 0.712. The molecule has 0 saturated carbocycles. The lowest BCUT2D eigenvalue weighted by Gasteiger charge is -2.04. The molecule has 0 spiro atoms. The van der Waals surface area contributed by atoms with Crippen molar-refractivity contribution in [3.63, 3.8) is 0 Å². The minimum atomic E-state index is -0.592. The minimum Gasteiger partial charge on any atom is -0.508 e. The number of hydrogen-bond donors (Lipinski definition) is 2. The van der Waals surface area contributed by atoms with E-state index in [2.05, 4.69) is 5.32 Å². The van der Waals surface area contributed by atoms with E-state index in [1.165, 1.54) is 6.92 Å². The van der Waals surface area contributed by atoms with Gasteiger partial charge in [-0.2, -0.15) is 0 Å². The third-order valence-corrected chi connectivity index (χ3v) is 1.99. The second-order valence-corrected chi connectivity index (χ2v) is 3.19. The van der Waals surface area contributed by atoms with Gasteiger partial charge in [-0.25, -0.2) is 0 Å². The molecule has 1 aromatic rings. The molecule has 2 N–H and O–H groups in total. The van der Waals surface area contributed by atoms with Crippen LogP contribution in [0.4, 0.5) is 0 Å². The monoisotopic (exact) mass is 207 g/mol. The predicted molar refractivity (Wildman–Crippen MR) is 55.5 cm³/mol. The average Bonchev–Trinajstić information content (AvgIpc) is 2.20. The number of aromatic hydroxyl groups is 1. The Labute approximate surface area is 87.9 Å². The fraction of sp³-hybridized carbons (Fsp3) is 0.273. The van der Waals surface area contributed by atoms with Crippen molar-refractivity contribution in [2.24, 2.45) is 0 Å². The lowest BCUT2D eigenvalue weighted by atomic mass is 10.1. The summed E-state index contributed by atoms with van der Waals surface area (Å²) in [4.78, 5) is 21.5. The van der Waals surface area contributed by atoms with Crippen molar-refractivity contribution in [2.75, 3.05) is 6.54 Å². The summed E-state index contributed by atoms with van der Waals surface area (Å²) in [6, 6.07) is 6.90. The fourth-order valence-corrected chi connectivity index (χ4v) is 1.16. The van der Waals surface area contributed by atoms with E-state index in [4.69, 9.17) is 0 Å². The highest BCUT2D eigenvalue weighted by atomic mass is 16.3. The lowest BCUT2D eigenvalue weighted by Crippen LogP contribution is -2.30. The zero-order valence-electron chi connectivity index (χ0n) is 8.49. The molecule has 0 heterocycles. The molecule has 0 unspecified atom stereocenters. The first-order valence-corrected chi connectivity index (χ1v) is 4.67. The zero-order chi connectivity index (χ0) is 11.3. The summed E-state index contributed by atoms with van der Waals surface area (Å²) in [5.41, 5.74) is 0.751. The van der Waals surface area contributed by atoms with Crippen LogP contribution in [0.3, 0.4) is 0 Å². The minimum absolute atomic E-state index is 0.203. The zero-order valence-corrected chi connectivity index (χ0v) is 8.49. The van der Waals surface area contributed by atoms with Crippen LogP contribution in [0.5, 0.6) is 5.75 Å². The van der Waals surface area contributed by atoms with Gasteiger partial charge in [-0.1, -0.05) is 18.2 Å². The van der Waals surface area contributed by atoms with Crippen molar-refractivity contribution in [1.29, 1.82) is 0 Å². The molecule has 0 saturated heterocycles. The Balaban J connectivity index is 2.42. The standard InChI is InChI=1S/C11H13NO3/c1-8(13)11(15)12-7-6-9-4-2-3-5-10(9)14/h2-5,14H,6-7H2,1H3,(H,12,15). The van der Waals surface area contributed by atoms with Gasteiger partial charge in [0.05, 0.1) is 0 Å². The molecule has 0 aromatic heterocycles. The Morgan fingerprint density at radius 2 is 2.00 bits per heavy atom. The number of Topliss-reactive ketones (excluding diaryl/α,β-unsaturated/α-hetero) is 1. The number of para-hydroxylation sites is 1. The first kappa shape index (κ1) is 11.2. The van der Waals surface area contributed by atoms with Crippen molar-refractivity contribution < 1.29 is 14.7 Å². The maximum atomic E-state index is 10.9. The highest BCUT2D eigenvalue weighted by Crippen LogP contribution is 2.15. The lowest BCUT2D eigenvalue weighted by molar-refractivity contribution is -0.136. The van der Waals surface area contributed by atoms with Crippen LogP contribution < -0.4 is 5.32 Å². The molecule has 0 radical (unpaired) electrons. The van der Waals surface area contributed by atoms with Crippen LogP contribution in [-0.2, 0) is 16.0 Å². The Bertz CT molecular complexity index is 374. The van der Waals surface area contributed by atoms with Crippen molar-refractivity contribution >= 4 is 11.7 Å². The average molecular weight is 207 g/mol. The number of benzene rings is 1. The molecule has 4 heteroatoms. The van der Waals surface area contributed by atoms with Crippen LogP contribution in [0.15, 0.2) is 24.3 Å². The number of carbonyl (C=O) groups is 2. The number of rotatable bonds is 4. The molecule has 0 aliphatic heterocycles. The Kier molecular flexibility index (Phi) is 3.85. The summed E-state index contributed by atoms with van der Waals surface area (Å²) in [5, 5.41) is 11.9. The van der Waals surface area contributed by atoms with Crippen LogP contribution >= 0.6 is 0 Å². The molecule has 15 heavy (non-hydrogen) atoms. The second-order valence-electron chi connectivity index (χ2n) is 3.19. The third kappa shape index (κ3) is 3.42. The third-order valence-electron chi connectivity index (χ3n) is 1.99. The molecular formula is C11H13NO3. The van der Waals surface area contributed by atoms with Gasteiger partial charge in [0.25, 0.3) is 5.91 Å². The summed E-state index contributed by atoms with van der Waals surface area (Å²) in [5.74, 6) is -0.896. The number of phenols is 1. The van der Waals surface area contributed by atoms with E-state index in [0.29, 0.717) is 13.0 Å². The Hall–Kier alpha value is -1.84. The first-order chi connectivity index (χ1) is 7.11.